The van der Waals surface area contributed by atoms with E-state index in [0.29, 0.717) is 6.54 Å². The minimum absolute atomic E-state index is 0.691. The van der Waals surface area contributed by atoms with Gasteiger partial charge in [0.2, 0.25) is 0 Å². The summed E-state index contributed by atoms with van der Waals surface area (Å²) in [4.78, 5) is 9.12. The van der Waals surface area contributed by atoms with Crippen molar-refractivity contribution in [1.82, 2.24) is 14.5 Å². The number of hydrogen-bond donors (Lipinski definition) is 1. The monoisotopic (exact) mass is 266 g/mol. The van der Waals surface area contributed by atoms with Crippen LogP contribution >= 0.6 is 0 Å². The highest BCUT2D eigenvalue weighted by Crippen LogP contribution is 2.17. The lowest BCUT2D eigenvalue weighted by molar-refractivity contribution is 0.833. The third-order valence-corrected chi connectivity index (χ3v) is 3.54. The van der Waals surface area contributed by atoms with Crippen molar-refractivity contribution < 1.29 is 0 Å². The molecule has 0 radical (unpaired) electrons. The molecule has 4 heteroatoms. The zero-order valence-electron chi connectivity index (χ0n) is 12.0. The Bertz CT molecular complexity index is 758. The van der Waals surface area contributed by atoms with Crippen molar-refractivity contribution in [3.8, 4) is 0 Å². The van der Waals surface area contributed by atoms with E-state index in [-0.39, 0.29) is 0 Å². The van der Waals surface area contributed by atoms with Crippen LogP contribution in [0.15, 0.2) is 36.4 Å². The Hall–Kier alpha value is -2.36. The number of para-hydroxylation sites is 2. The van der Waals surface area contributed by atoms with Gasteiger partial charge in [0, 0.05) is 12.7 Å². The molecular formula is C16H18N4. The van der Waals surface area contributed by atoms with Gasteiger partial charge in [-0.2, -0.15) is 0 Å². The van der Waals surface area contributed by atoms with Gasteiger partial charge in [-0.05, 0) is 38.1 Å². The predicted octanol–water partition coefficient (Wildman–Crippen LogP) is 3.20. The molecule has 3 rings (SSSR count). The Labute approximate surface area is 118 Å². The summed E-state index contributed by atoms with van der Waals surface area (Å²) in [5, 5.41) is 3.41. The summed E-state index contributed by atoms with van der Waals surface area (Å²) in [7, 11) is 2.05. The molecule has 0 fully saturated rings. The Morgan fingerprint density at radius 1 is 1.05 bits per heavy atom. The zero-order valence-corrected chi connectivity index (χ0v) is 12.0. The van der Waals surface area contributed by atoms with E-state index in [2.05, 4.69) is 32.0 Å². The molecule has 0 amide bonds. The molecule has 0 atom stereocenters. The number of pyridine rings is 1. The lowest BCUT2D eigenvalue weighted by atomic mass is 10.2. The lowest BCUT2D eigenvalue weighted by Gasteiger charge is -2.09. The van der Waals surface area contributed by atoms with E-state index in [1.165, 1.54) is 0 Å². The highest BCUT2D eigenvalue weighted by Gasteiger charge is 2.07. The van der Waals surface area contributed by atoms with E-state index in [9.17, 15) is 0 Å². The van der Waals surface area contributed by atoms with Crippen LogP contribution in [0.3, 0.4) is 0 Å². The van der Waals surface area contributed by atoms with Gasteiger partial charge in [-0.3, -0.25) is 4.98 Å². The summed E-state index contributed by atoms with van der Waals surface area (Å²) in [6.45, 7) is 4.71. The van der Waals surface area contributed by atoms with Crippen LogP contribution in [0.2, 0.25) is 0 Å². The van der Waals surface area contributed by atoms with Crippen LogP contribution in [0.1, 0.15) is 17.2 Å². The van der Waals surface area contributed by atoms with Gasteiger partial charge in [-0.15, -0.1) is 0 Å². The Kier molecular flexibility index (Phi) is 3.14. The third-order valence-electron chi connectivity index (χ3n) is 3.54. The molecule has 0 saturated heterocycles. The summed E-state index contributed by atoms with van der Waals surface area (Å²) < 4.78 is 2.12. The summed E-state index contributed by atoms with van der Waals surface area (Å²) in [6, 6.07) is 12.3. The summed E-state index contributed by atoms with van der Waals surface area (Å²) in [5.74, 6) is 1.02. The summed E-state index contributed by atoms with van der Waals surface area (Å²) in [5.41, 5.74) is 5.30. The largest absolute Gasteiger partial charge is 0.376 e. The van der Waals surface area contributed by atoms with E-state index in [4.69, 9.17) is 0 Å². The number of nitrogens with one attached hydrogen (secondary N) is 1. The molecule has 0 spiro atoms. The minimum atomic E-state index is 0.691. The van der Waals surface area contributed by atoms with Crippen molar-refractivity contribution in [3.63, 3.8) is 0 Å². The van der Waals surface area contributed by atoms with E-state index >= 15 is 0 Å². The van der Waals surface area contributed by atoms with Crippen LogP contribution in [0.25, 0.3) is 11.0 Å². The van der Waals surface area contributed by atoms with Gasteiger partial charge in [-0.25, -0.2) is 4.98 Å². The molecule has 2 aromatic heterocycles. The molecule has 4 nitrogen and oxygen atoms in total. The number of rotatable bonds is 3. The van der Waals surface area contributed by atoms with Crippen LogP contribution in [-0.2, 0) is 13.6 Å². The Balaban J connectivity index is 1.85. The second-order valence-electron chi connectivity index (χ2n) is 5.01. The number of benzene rings is 1. The van der Waals surface area contributed by atoms with Crippen molar-refractivity contribution in [3.05, 3.63) is 53.6 Å². The number of aryl methyl sites for hydroxylation is 3. The molecule has 102 valence electrons. The Morgan fingerprint density at radius 3 is 2.60 bits per heavy atom. The van der Waals surface area contributed by atoms with Crippen LogP contribution in [0.4, 0.5) is 5.69 Å². The molecular weight excluding hydrogens is 248 g/mol. The molecule has 1 aromatic carbocycles. The van der Waals surface area contributed by atoms with Crippen molar-refractivity contribution in [1.29, 1.82) is 0 Å². The zero-order chi connectivity index (χ0) is 14.1. The van der Waals surface area contributed by atoms with E-state index < -0.39 is 0 Å². The fraction of sp³-hybridized carbons (Fsp3) is 0.250. The average Bonchev–Trinajstić information content (AvgIpc) is 2.75. The number of anilines is 1. The molecule has 0 saturated carbocycles. The topological polar surface area (TPSA) is 42.7 Å². The molecule has 0 aliphatic carbocycles. The molecule has 0 aliphatic heterocycles. The quantitative estimate of drug-likeness (QED) is 0.791. The standard InChI is InChI=1S/C16H18N4/c1-11-8-9-13(12(2)18-11)17-10-16-19-14-6-4-5-7-15(14)20(16)3/h4-9,17H,10H2,1-3H3. The van der Waals surface area contributed by atoms with Gasteiger partial charge in [0.25, 0.3) is 0 Å². The second-order valence-corrected chi connectivity index (χ2v) is 5.01. The maximum atomic E-state index is 4.65. The molecule has 2 heterocycles. The number of aromatic nitrogens is 3. The first-order valence-corrected chi connectivity index (χ1v) is 6.73. The van der Waals surface area contributed by atoms with Gasteiger partial charge in [0.05, 0.1) is 29.0 Å². The van der Waals surface area contributed by atoms with E-state index in [1.54, 1.807) is 0 Å². The molecule has 0 bridgehead atoms. The van der Waals surface area contributed by atoms with Crippen molar-refractivity contribution in [2.75, 3.05) is 5.32 Å². The first-order chi connectivity index (χ1) is 9.65. The summed E-state index contributed by atoms with van der Waals surface area (Å²) >= 11 is 0. The second kappa shape index (κ2) is 4.96. The van der Waals surface area contributed by atoms with Crippen LogP contribution in [-0.4, -0.2) is 14.5 Å². The summed E-state index contributed by atoms with van der Waals surface area (Å²) in [6.07, 6.45) is 0. The fourth-order valence-corrected chi connectivity index (χ4v) is 2.40. The fourth-order valence-electron chi connectivity index (χ4n) is 2.40. The maximum Gasteiger partial charge on any atom is 0.128 e. The van der Waals surface area contributed by atoms with Gasteiger partial charge in [-0.1, -0.05) is 12.1 Å². The molecule has 1 N–H and O–H groups in total. The van der Waals surface area contributed by atoms with Crippen LogP contribution < -0.4 is 5.32 Å². The molecule has 0 aliphatic rings. The highest BCUT2D eigenvalue weighted by molar-refractivity contribution is 5.75. The third kappa shape index (κ3) is 2.25. The maximum absolute atomic E-state index is 4.65. The highest BCUT2D eigenvalue weighted by atomic mass is 15.1. The number of nitrogens with zero attached hydrogens (tertiary/aromatic N) is 3. The van der Waals surface area contributed by atoms with Crippen LogP contribution in [0.5, 0.6) is 0 Å². The van der Waals surface area contributed by atoms with Crippen molar-refractivity contribution in [2.45, 2.75) is 20.4 Å². The average molecular weight is 266 g/mol. The normalized spacial score (nSPS) is 10.9. The van der Waals surface area contributed by atoms with Gasteiger partial charge in [0.15, 0.2) is 0 Å². The molecule has 20 heavy (non-hydrogen) atoms. The van der Waals surface area contributed by atoms with Gasteiger partial charge in [0.1, 0.15) is 5.82 Å². The van der Waals surface area contributed by atoms with Crippen molar-refractivity contribution >= 4 is 16.7 Å². The van der Waals surface area contributed by atoms with Crippen molar-refractivity contribution in [2.24, 2.45) is 7.05 Å². The molecule has 3 aromatic rings. The Morgan fingerprint density at radius 2 is 1.85 bits per heavy atom. The van der Waals surface area contributed by atoms with E-state index in [0.717, 1.165) is 33.9 Å². The smallest absolute Gasteiger partial charge is 0.128 e. The predicted molar refractivity (Wildman–Crippen MR) is 81.8 cm³/mol. The number of imidazole rings is 1. The van der Waals surface area contributed by atoms with Gasteiger partial charge >= 0.3 is 0 Å². The molecule has 0 unspecified atom stereocenters. The first-order valence-electron chi connectivity index (χ1n) is 6.73. The first kappa shape index (κ1) is 12.7. The van der Waals surface area contributed by atoms with Crippen LogP contribution in [0, 0.1) is 13.8 Å². The minimum Gasteiger partial charge on any atom is -0.376 e. The number of fused-ring (bicyclic) bond motifs is 1. The SMILES string of the molecule is Cc1ccc(NCc2nc3ccccc3n2C)c(C)n1. The lowest BCUT2D eigenvalue weighted by Crippen LogP contribution is -2.07. The number of hydrogen-bond acceptors (Lipinski definition) is 3. The van der Waals surface area contributed by atoms with E-state index in [1.807, 2.05) is 45.2 Å². The van der Waals surface area contributed by atoms with Gasteiger partial charge < -0.3 is 9.88 Å².